The molecule has 3 nitrogen and oxygen atoms in total. The average Bonchev–Trinajstić information content (AvgIpc) is 2.59. The van der Waals surface area contributed by atoms with Crippen molar-refractivity contribution < 1.29 is 31.1 Å². The first-order valence-corrected chi connectivity index (χ1v) is 8.21. The highest BCUT2D eigenvalue weighted by Gasteiger charge is 2.37. The monoisotopic (exact) mass is 400 g/mol. The molecule has 9 heteroatoms. The summed E-state index contributed by atoms with van der Waals surface area (Å²) in [6, 6.07) is 7.59. The lowest BCUT2D eigenvalue weighted by Crippen LogP contribution is -2.49. The zero-order valence-corrected chi connectivity index (χ0v) is 14.3. The molecule has 148 valence electrons. The van der Waals surface area contributed by atoms with Crippen molar-refractivity contribution in [3.05, 3.63) is 59.2 Å². The minimum Gasteiger partial charge on any atom is -0.370 e. The number of halogens is 6. The molecule has 0 saturated carbocycles. The van der Waals surface area contributed by atoms with E-state index in [9.17, 15) is 26.3 Å². The van der Waals surface area contributed by atoms with Crippen LogP contribution in [0, 0.1) is 11.5 Å². The molecule has 1 aliphatic rings. The Hall–Kier alpha value is -2.73. The Bertz CT molecular complexity index is 845. The van der Waals surface area contributed by atoms with Crippen LogP contribution in [0.1, 0.15) is 16.7 Å². The topological polar surface area (TPSA) is 36.3 Å². The smallest absolute Gasteiger partial charge is 0.370 e. The molecule has 0 atom stereocenters. The molecule has 0 radical (unpaired) electrons. The summed E-state index contributed by atoms with van der Waals surface area (Å²) in [5.74, 6) is 0. The molecule has 1 fully saturated rings. The average molecular weight is 400 g/mol. The standard InChI is InChI=1S/C19H14F6N2O/c20-18(21,22)15-5-14(6-16(7-15)19(23,24)25)13-3-1-12(2-4-13)10-28-17-8-27(9-17)11-26/h1-7,17H,8-10H2. The molecule has 0 unspecified atom stereocenters. The largest absolute Gasteiger partial charge is 0.416 e. The van der Waals surface area contributed by atoms with E-state index in [4.69, 9.17) is 10.00 Å². The molecule has 1 saturated heterocycles. The maximum atomic E-state index is 13.0. The predicted octanol–water partition coefficient (Wildman–Crippen LogP) is 5.07. The van der Waals surface area contributed by atoms with Crippen LogP contribution in [0.15, 0.2) is 42.5 Å². The maximum Gasteiger partial charge on any atom is 0.416 e. The zero-order valence-electron chi connectivity index (χ0n) is 14.3. The molecule has 3 rings (SSSR count). The molecule has 2 aromatic carbocycles. The third-order valence-electron chi connectivity index (χ3n) is 4.35. The first kappa shape index (κ1) is 20.0. The van der Waals surface area contributed by atoms with Gasteiger partial charge in [-0.25, -0.2) is 0 Å². The molecule has 0 aliphatic carbocycles. The van der Waals surface area contributed by atoms with E-state index >= 15 is 0 Å². The van der Waals surface area contributed by atoms with Gasteiger partial charge >= 0.3 is 12.4 Å². The molecule has 0 bridgehead atoms. The normalized spacial score (nSPS) is 15.2. The summed E-state index contributed by atoms with van der Waals surface area (Å²) in [5, 5.41) is 8.65. The Balaban J connectivity index is 1.78. The fourth-order valence-electron chi connectivity index (χ4n) is 2.75. The van der Waals surface area contributed by atoms with Crippen LogP contribution in [-0.4, -0.2) is 24.1 Å². The van der Waals surface area contributed by atoms with Gasteiger partial charge in [-0.3, -0.25) is 0 Å². The second kappa shape index (κ2) is 7.36. The number of hydrogen-bond donors (Lipinski definition) is 0. The first-order chi connectivity index (χ1) is 13.1. The highest BCUT2D eigenvalue weighted by atomic mass is 19.4. The first-order valence-electron chi connectivity index (χ1n) is 8.21. The molecular weight excluding hydrogens is 386 g/mol. The summed E-state index contributed by atoms with van der Waals surface area (Å²) in [6.07, 6.45) is -7.86. The van der Waals surface area contributed by atoms with Crippen LogP contribution in [0.5, 0.6) is 0 Å². The van der Waals surface area contributed by atoms with Gasteiger partial charge in [-0.15, -0.1) is 0 Å². The van der Waals surface area contributed by atoms with Gasteiger partial charge in [-0.2, -0.15) is 31.6 Å². The Labute approximate surface area is 156 Å². The lowest BCUT2D eigenvalue weighted by molar-refractivity contribution is -0.143. The third kappa shape index (κ3) is 4.57. The summed E-state index contributed by atoms with van der Waals surface area (Å²) >= 11 is 0. The van der Waals surface area contributed by atoms with Crippen molar-refractivity contribution in [3.63, 3.8) is 0 Å². The summed E-state index contributed by atoms with van der Waals surface area (Å²) in [5.41, 5.74) is -1.91. The van der Waals surface area contributed by atoms with Crippen molar-refractivity contribution in [1.29, 1.82) is 5.26 Å². The molecular formula is C19H14F6N2O. The number of ether oxygens (including phenoxy) is 1. The van der Waals surface area contributed by atoms with Crippen molar-refractivity contribution in [2.24, 2.45) is 0 Å². The summed E-state index contributed by atoms with van der Waals surface area (Å²) in [4.78, 5) is 1.53. The van der Waals surface area contributed by atoms with Gasteiger partial charge in [0.25, 0.3) is 0 Å². The molecule has 2 aromatic rings. The molecule has 0 amide bonds. The lowest BCUT2D eigenvalue weighted by Gasteiger charge is -2.34. The highest BCUT2D eigenvalue weighted by molar-refractivity contribution is 5.66. The molecule has 1 aliphatic heterocycles. The van der Waals surface area contributed by atoms with Crippen molar-refractivity contribution >= 4 is 0 Å². The minimum absolute atomic E-state index is 0.0721. The van der Waals surface area contributed by atoms with E-state index in [0.29, 0.717) is 25.2 Å². The highest BCUT2D eigenvalue weighted by Crippen LogP contribution is 2.38. The number of benzene rings is 2. The van der Waals surface area contributed by atoms with E-state index in [1.54, 1.807) is 12.1 Å². The van der Waals surface area contributed by atoms with Crippen LogP contribution >= 0.6 is 0 Å². The molecule has 1 heterocycles. The van der Waals surface area contributed by atoms with Gasteiger partial charge in [0.1, 0.15) is 0 Å². The van der Waals surface area contributed by atoms with Crippen LogP contribution in [0.2, 0.25) is 0 Å². The fourth-order valence-corrected chi connectivity index (χ4v) is 2.75. The predicted molar refractivity (Wildman–Crippen MR) is 87.6 cm³/mol. The number of hydrogen-bond acceptors (Lipinski definition) is 3. The maximum absolute atomic E-state index is 13.0. The quantitative estimate of drug-likeness (QED) is 0.531. The van der Waals surface area contributed by atoms with Gasteiger partial charge in [0.2, 0.25) is 0 Å². The lowest BCUT2D eigenvalue weighted by atomic mass is 9.98. The van der Waals surface area contributed by atoms with E-state index in [1.165, 1.54) is 17.0 Å². The fraction of sp³-hybridized carbons (Fsp3) is 0.316. The van der Waals surface area contributed by atoms with Crippen LogP contribution in [-0.2, 0) is 23.7 Å². The van der Waals surface area contributed by atoms with Crippen molar-refractivity contribution in [2.45, 2.75) is 25.1 Å². The zero-order chi connectivity index (χ0) is 20.5. The van der Waals surface area contributed by atoms with Crippen LogP contribution in [0.4, 0.5) is 26.3 Å². The second-order valence-electron chi connectivity index (χ2n) is 6.43. The third-order valence-corrected chi connectivity index (χ3v) is 4.35. The molecule has 0 aromatic heterocycles. The van der Waals surface area contributed by atoms with E-state index in [-0.39, 0.29) is 29.9 Å². The van der Waals surface area contributed by atoms with Gasteiger partial charge in [0.15, 0.2) is 6.19 Å². The number of nitriles is 1. The van der Waals surface area contributed by atoms with Gasteiger partial charge < -0.3 is 9.64 Å². The van der Waals surface area contributed by atoms with Crippen LogP contribution in [0.3, 0.4) is 0 Å². The summed E-state index contributed by atoms with van der Waals surface area (Å²) in [6.45, 7) is 1.23. The number of alkyl halides is 6. The number of likely N-dealkylation sites (tertiary alicyclic amines) is 1. The van der Waals surface area contributed by atoms with Gasteiger partial charge in [-0.05, 0) is 34.9 Å². The van der Waals surface area contributed by atoms with Crippen LogP contribution in [0.25, 0.3) is 11.1 Å². The SMILES string of the molecule is N#CN1CC(OCc2ccc(-c3cc(C(F)(F)F)cc(C(F)(F)F)c3)cc2)C1. The summed E-state index contributed by atoms with van der Waals surface area (Å²) < 4.78 is 83.4. The minimum atomic E-state index is -4.89. The Morgan fingerprint density at radius 1 is 0.893 bits per heavy atom. The van der Waals surface area contributed by atoms with E-state index < -0.39 is 23.5 Å². The Morgan fingerprint density at radius 2 is 1.43 bits per heavy atom. The van der Waals surface area contributed by atoms with Gasteiger partial charge in [0.05, 0.1) is 36.9 Å². The van der Waals surface area contributed by atoms with E-state index in [2.05, 4.69) is 0 Å². The van der Waals surface area contributed by atoms with Gasteiger partial charge in [-0.1, -0.05) is 24.3 Å². The molecule has 28 heavy (non-hydrogen) atoms. The number of rotatable bonds is 4. The van der Waals surface area contributed by atoms with E-state index in [1.807, 2.05) is 6.19 Å². The summed E-state index contributed by atoms with van der Waals surface area (Å²) in [7, 11) is 0. The van der Waals surface area contributed by atoms with Crippen LogP contribution < -0.4 is 0 Å². The number of nitrogens with zero attached hydrogens (tertiary/aromatic N) is 2. The molecule has 0 N–H and O–H groups in total. The van der Waals surface area contributed by atoms with Gasteiger partial charge in [0, 0.05) is 0 Å². The van der Waals surface area contributed by atoms with Crippen molar-refractivity contribution in [3.8, 4) is 17.3 Å². The Kier molecular flexibility index (Phi) is 5.26. The van der Waals surface area contributed by atoms with Crippen molar-refractivity contribution in [1.82, 2.24) is 4.90 Å². The second-order valence-corrected chi connectivity index (χ2v) is 6.43. The Morgan fingerprint density at radius 3 is 1.89 bits per heavy atom. The van der Waals surface area contributed by atoms with Crippen molar-refractivity contribution in [2.75, 3.05) is 13.1 Å². The van der Waals surface area contributed by atoms with E-state index in [0.717, 1.165) is 5.56 Å². The molecule has 0 spiro atoms.